The van der Waals surface area contributed by atoms with E-state index >= 15 is 0 Å². The Morgan fingerprint density at radius 2 is 1.86 bits per heavy atom. The van der Waals surface area contributed by atoms with E-state index in [0.29, 0.717) is 0 Å². The number of nitrogens with one attached hydrogen (secondary N) is 1. The van der Waals surface area contributed by atoms with Crippen LogP contribution in [-0.4, -0.2) is 12.8 Å². The van der Waals surface area contributed by atoms with Crippen LogP contribution in [0.4, 0.5) is 0 Å². The van der Waals surface area contributed by atoms with Crippen LogP contribution in [0.3, 0.4) is 0 Å². The molecule has 3 rings (SSSR count). The topological polar surface area (TPSA) is 25.2 Å². The average Bonchev–Trinajstić information content (AvgIpc) is 2.93. The lowest BCUT2D eigenvalue weighted by Crippen LogP contribution is -2.16. The van der Waals surface area contributed by atoms with Gasteiger partial charge in [0.25, 0.3) is 0 Å². The van der Waals surface area contributed by atoms with Crippen LogP contribution in [0.5, 0.6) is 0 Å². The predicted molar refractivity (Wildman–Crippen MR) is 90.0 cm³/mol. The Bertz CT molecular complexity index is 684. The first-order valence-corrected chi connectivity index (χ1v) is 8.19. The molecule has 1 atom stereocenters. The largest absolute Gasteiger partial charge is 0.459 e. The summed E-state index contributed by atoms with van der Waals surface area (Å²) in [4.78, 5) is 1.31. The summed E-state index contributed by atoms with van der Waals surface area (Å²) in [6.07, 6.45) is 0. The van der Waals surface area contributed by atoms with E-state index in [9.17, 15) is 0 Å². The third-order valence-corrected chi connectivity index (χ3v) is 4.44. The molecule has 1 aromatic heterocycles. The maximum absolute atomic E-state index is 5.99. The molecule has 2 nitrogen and oxygen atoms in total. The highest BCUT2D eigenvalue weighted by atomic mass is 32.2. The lowest BCUT2D eigenvalue weighted by molar-refractivity contribution is 0.491. The Hall–Kier alpha value is -1.71. The summed E-state index contributed by atoms with van der Waals surface area (Å²) in [5, 5.41) is 4.49. The first kappa shape index (κ1) is 14.2. The van der Waals surface area contributed by atoms with E-state index in [-0.39, 0.29) is 6.04 Å². The van der Waals surface area contributed by atoms with Crippen molar-refractivity contribution >= 4 is 22.7 Å². The number of furan rings is 1. The van der Waals surface area contributed by atoms with Crippen molar-refractivity contribution in [1.29, 1.82) is 0 Å². The first-order valence-electron chi connectivity index (χ1n) is 7.20. The molecule has 0 aliphatic carbocycles. The summed E-state index contributed by atoms with van der Waals surface area (Å²) in [7, 11) is 1.96. The van der Waals surface area contributed by atoms with E-state index in [0.717, 1.165) is 22.5 Å². The Balaban J connectivity index is 1.93. The van der Waals surface area contributed by atoms with Gasteiger partial charge in [0.2, 0.25) is 0 Å². The second-order valence-corrected chi connectivity index (χ2v) is 6.25. The molecule has 2 aromatic carbocycles. The second-order valence-electron chi connectivity index (χ2n) is 4.91. The number of thioether (sulfide) groups is 1. The molecule has 1 heterocycles. The van der Waals surface area contributed by atoms with Crippen molar-refractivity contribution in [1.82, 2.24) is 5.32 Å². The van der Waals surface area contributed by atoms with Gasteiger partial charge in [-0.2, -0.15) is 0 Å². The molecule has 0 aliphatic rings. The summed E-state index contributed by atoms with van der Waals surface area (Å²) in [5.41, 5.74) is 2.16. The molecule has 0 saturated carbocycles. The van der Waals surface area contributed by atoms with Gasteiger partial charge < -0.3 is 9.73 Å². The van der Waals surface area contributed by atoms with Gasteiger partial charge in [0.1, 0.15) is 11.3 Å². The van der Waals surface area contributed by atoms with Crippen LogP contribution in [0.15, 0.2) is 63.9 Å². The van der Waals surface area contributed by atoms with Gasteiger partial charge in [0.05, 0.1) is 6.04 Å². The van der Waals surface area contributed by atoms with Crippen LogP contribution in [0, 0.1) is 0 Å². The summed E-state index contributed by atoms with van der Waals surface area (Å²) < 4.78 is 5.99. The number of para-hydroxylation sites is 1. The van der Waals surface area contributed by atoms with Gasteiger partial charge in [-0.15, -0.1) is 11.8 Å². The molecule has 108 valence electrons. The van der Waals surface area contributed by atoms with Gasteiger partial charge in [0, 0.05) is 10.3 Å². The Morgan fingerprint density at radius 1 is 1.10 bits per heavy atom. The van der Waals surface area contributed by atoms with E-state index in [2.05, 4.69) is 48.6 Å². The third kappa shape index (κ3) is 2.99. The highest BCUT2D eigenvalue weighted by Gasteiger charge is 2.16. The van der Waals surface area contributed by atoms with Crippen molar-refractivity contribution < 1.29 is 4.42 Å². The summed E-state index contributed by atoms with van der Waals surface area (Å²) in [6, 6.07) is 19.0. The molecule has 0 radical (unpaired) electrons. The van der Waals surface area contributed by atoms with Gasteiger partial charge in [0.15, 0.2) is 0 Å². The van der Waals surface area contributed by atoms with Crippen molar-refractivity contribution in [3.8, 4) is 0 Å². The van der Waals surface area contributed by atoms with E-state index in [4.69, 9.17) is 4.42 Å². The van der Waals surface area contributed by atoms with Crippen molar-refractivity contribution in [2.24, 2.45) is 0 Å². The van der Waals surface area contributed by atoms with E-state index in [1.807, 2.05) is 37.0 Å². The van der Waals surface area contributed by atoms with Crippen LogP contribution in [0.25, 0.3) is 11.0 Å². The SMILES string of the molecule is CCSc1ccc(C(NC)c2cc3ccccc3o2)cc1. The minimum atomic E-state index is 0.0816. The number of rotatable bonds is 5. The molecular weight excluding hydrogens is 278 g/mol. The zero-order chi connectivity index (χ0) is 14.7. The zero-order valence-electron chi connectivity index (χ0n) is 12.3. The van der Waals surface area contributed by atoms with Crippen molar-refractivity contribution in [3.63, 3.8) is 0 Å². The normalized spacial score (nSPS) is 12.7. The van der Waals surface area contributed by atoms with Crippen molar-refractivity contribution in [2.75, 3.05) is 12.8 Å². The molecule has 0 fully saturated rings. The molecule has 3 heteroatoms. The average molecular weight is 297 g/mol. The van der Waals surface area contributed by atoms with Crippen molar-refractivity contribution in [3.05, 3.63) is 65.9 Å². The van der Waals surface area contributed by atoms with Crippen molar-refractivity contribution in [2.45, 2.75) is 17.9 Å². The molecule has 0 spiro atoms. The van der Waals surface area contributed by atoms with Gasteiger partial charge >= 0.3 is 0 Å². The fourth-order valence-electron chi connectivity index (χ4n) is 2.54. The number of hydrogen-bond acceptors (Lipinski definition) is 3. The smallest absolute Gasteiger partial charge is 0.134 e. The van der Waals surface area contributed by atoms with Crippen LogP contribution in [-0.2, 0) is 0 Å². The predicted octanol–water partition coefficient (Wildman–Crippen LogP) is 4.85. The summed E-state index contributed by atoms with van der Waals surface area (Å²) in [6.45, 7) is 2.17. The van der Waals surface area contributed by atoms with Crippen LogP contribution >= 0.6 is 11.8 Å². The van der Waals surface area contributed by atoms with Gasteiger partial charge in [-0.1, -0.05) is 37.3 Å². The fourth-order valence-corrected chi connectivity index (χ4v) is 3.20. The molecule has 0 saturated heterocycles. The fraction of sp³-hybridized carbons (Fsp3) is 0.222. The minimum Gasteiger partial charge on any atom is -0.459 e. The third-order valence-electron chi connectivity index (χ3n) is 3.54. The Labute approximate surface area is 129 Å². The quantitative estimate of drug-likeness (QED) is 0.681. The lowest BCUT2D eigenvalue weighted by Gasteiger charge is -2.14. The van der Waals surface area contributed by atoms with E-state index in [1.54, 1.807) is 0 Å². The highest BCUT2D eigenvalue weighted by Crippen LogP contribution is 2.29. The summed E-state index contributed by atoms with van der Waals surface area (Å²) >= 11 is 1.86. The van der Waals surface area contributed by atoms with Crippen LogP contribution in [0.1, 0.15) is 24.3 Å². The maximum Gasteiger partial charge on any atom is 0.134 e. The summed E-state index contributed by atoms with van der Waals surface area (Å²) in [5.74, 6) is 2.05. The van der Waals surface area contributed by atoms with Crippen LogP contribution in [0.2, 0.25) is 0 Å². The first-order chi connectivity index (χ1) is 10.3. The van der Waals surface area contributed by atoms with E-state index < -0.39 is 0 Å². The Morgan fingerprint density at radius 3 is 2.52 bits per heavy atom. The molecule has 3 aromatic rings. The molecule has 0 bridgehead atoms. The molecule has 21 heavy (non-hydrogen) atoms. The molecule has 1 N–H and O–H groups in total. The van der Waals surface area contributed by atoms with Gasteiger partial charge in [-0.3, -0.25) is 0 Å². The molecule has 0 aliphatic heterocycles. The highest BCUT2D eigenvalue weighted by molar-refractivity contribution is 7.99. The molecule has 0 amide bonds. The zero-order valence-corrected chi connectivity index (χ0v) is 13.1. The number of benzene rings is 2. The minimum absolute atomic E-state index is 0.0816. The van der Waals surface area contributed by atoms with Crippen LogP contribution < -0.4 is 5.32 Å². The van der Waals surface area contributed by atoms with Gasteiger partial charge in [-0.05, 0) is 42.6 Å². The molecule has 1 unspecified atom stereocenters. The monoisotopic (exact) mass is 297 g/mol. The number of hydrogen-bond donors (Lipinski definition) is 1. The Kier molecular flexibility index (Phi) is 4.32. The lowest BCUT2D eigenvalue weighted by atomic mass is 10.0. The molecular formula is C18H19NOS. The van der Waals surface area contributed by atoms with E-state index in [1.165, 1.54) is 10.5 Å². The van der Waals surface area contributed by atoms with Gasteiger partial charge in [-0.25, -0.2) is 0 Å². The second kappa shape index (κ2) is 6.37. The standard InChI is InChI=1S/C18H19NOS/c1-3-21-15-10-8-13(9-11-15)18(19-2)17-12-14-6-4-5-7-16(14)20-17/h4-12,18-19H,3H2,1-2H3. The maximum atomic E-state index is 5.99. The number of fused-ring (bicyclic) bond motifs is 1.